The number of aromatic nitrogens is 2. The number of rotatable bonds is 8. The van der Waals surface area contributed by atoms with Crippen molar-refractivity contribution < 1.29 is 23.5 Å². The summed E-state index contributed by atoms with van der Waals surface area (Å²) in [5, 5.41) is 12.7. The lowest BCUT2D eigenvalue weighted by Gasteiger charge is -2.05. The number of thioether (sulfide) groups is 1. The molecule has 9 nitrogen and oxygen atoms in total. The molecular weight excluding hydrogens is 348 g/mol. The fourth-order valence-corrected chi connectivity index (χ4v) is 2.28. The zero-order valence-corrected chi connectivity index (χ0v) is 14.6. The Hall–Kier alpha value is -2.59. The molecule has 2 rings (SSSR count). The molecule has 0 aliphatic heterocycles. The molecule has 0 aliphatic carbocycles. The van der Waals surface area contributed by atoms with Gasteiger partial charge in [0.1, 0.15) is 5.75 Å². The van der Waals surface area contributed by atoms with E-state index in [1.807, 2.05) is 0 Å². The first-order valence-corrected chi connectivity index (χ1v) is 8.28. The summed E-state index contributed by atoms with van der Waals surface area (Å²) in [6, 6.07) is 6.56. The van der Waals surface area contributed by atoms with Crippen molar-refractivity contribution in [2.45, 2.75) is 5.22 Å². The second-order valence-corrected chi connectivity index (χ2v) is 5.61. The van der Waals surface area contributed by atoms with Crippen LogP contribution in [0.4, 0.5) is 4.79 Å². The van der Waals surface area contributed by atoms with Crippen LogP contribution in [0.25, 0.3) is 11.5 Å². The maximum absolute atomic E-state index is 11.7. The van der Waals surface area contributed by atoms with E-state index in [9.17, 15) is 9.59 Å². The summed E-state index contributed by atoms with van der Waals surface area (Å²) in [6.45, 7) is 0.685. The van der Waals surface area contributed by atoms with Crippen molar-refractivity contribution in [3.05, 3.63) is 24.3 Å². The van der Waals surface area contributed by atoms with Gasteiger partial charge >= 0.3 is 6.03 Å². The molecule has 0 unspecified atom stereocenters. The van der Waals surface area contributed by atoms with Crippen LogP contribution in [0.3, 0.4) is 0 Å². The van der Waals surface area contributed by atoms with Crippen LogP contribution in [0.15, 0.2) is 33.9 Å². The Labute approximate surface area is 148 Å². The van der Waals surface area contributed by atoms with Crippen LogP contribution in [0.2, 0.25) is 0 Å². The van der Waals surface area contributed by atoms with Crippen molar-refractivity contribution in [1.29, 1.82) is 0 Å². The number of hydrogen-bond donors (Lipinski definition) is 2. The van der Waals surface area contributed by atoms with E-state index >= 15 is 0 Å². The molecule has 0 aliphatic rings. The van der Waals surface area contributed by atoms with Crippen LogP contribution < -0.4 is 15.4 Å². The van der Waals surface area contributed by atoms with Crippen LogP contribution in [0.5, 0.6) is 5.75 Å². The van der Waals surface area contributed by atoms with Gasteiger partial charge in [0.05, 0.1) is 19.5 Å². The quantitative estimate of drug-likeness (QED) is 0.531. The summed E-state index contributed by atoms with van der Waals surface area (Å²) in [6.07, 6.45) is 0. The van der Waals surface area contributed by atoms with Crippen LogP contribution in [0, 0.1) is 0 Å². The first-order valence-electron chi connectivity index (χ1n) is 7.29. The number of amides is 3. The van der Waals surface area contributed by atoms with E-state index in [2.05, 4.69) is 20.8 Å². The molecule has 2 aromatic rings. The largest absolute Gasteiger partial charge is 0.497 e. The summed E-state index contributed by atoms with van der Waals surface area (Å²) in [7, 11) is 3.10. The van der Waals surface area contributed by atoms with Gasteiger partial charge < -0.3 is 19.2 Å². The lowest BCUT2D eigenvalue weighted by atomic mass is 10.2. The Morgan fingerprint density at radius 1 is 1.20 bits per heavy atom. The number of nitrogens with one attached hydrogen (secondary N) is 2. The van der Waals surface area contributed by atoms with Crippen molar-refractivity contribution >= 4 is 23.7 Å². The molecule has 0 fully saturated rings. The van der Waals surface area contributed by atoms with E-state index in [0.29, 0.717) is 19.0 Å². The summed E-state index contributed by atoms with van der Waals surface area (Å²) in [5.74, 6) is 0.562. The second-order valence-electron chi connectivity index (χ2n) is 4.69. The SMILES string of the molecule is COCCNC(=O)NC(=O)CSc1nnc(-c2ccc(OC)cc2)o1. The molecule has 0 atom stereocenters. The third-order valence-electron chi connectivity index (χ3n) is 2.91. The van der Waals surface area contributed by atoms with Crippen molar-refractivity contribution in [1.82, 2.24) is 20.8 Å². The third-order valence-corrected chi connectivity index (χ3v) is 3.73. The van der Waals surface area contributed by atoms with Gasteiger partial charge in [-0.05, 0) is 24.3 Å². The molecule has 10 heteroatoms. The van der Waals surface area contributed by atoms with E-state index < -0.39 is 11.9 Å². The van der Waals surface area contributed by atoms with Crippen LogP contribution in [-0.4, -0.2) is 55.3 Å². The molecule has 1 aromatic carbocycles. The standard InChI is InChI=1S/C15H18N4O5S/c1-22-8-7-16-14(21)17-12(20)9-25-15-19-18-13(24-15)10-3-5-11(23-2)6-4-10/h3-6H,7-9H2,1-2H3,(H2,16,17,20,21). The Bertz CT molecular complexity index is 704. The third kappa shape index (κ3) is 6.08. The van der Waals surface area contributed by atoms with Crippen molar-refractivity contribution in [3.63, 3.8) is 0 Å². The normalized spacial score (nSPS) is 10.3. The Balaban J connectivity index is 1.80. The number of imide groups is 1. The summed E-state index contributed by atoms with van der Waals surface area (Å²) in [4.78, 5) is 23.1. The molecule has 0 bridgehead atoms. The number of hydrogen-bond acceptors (Lipinski definition) is 8. The topological polar surface area (TPSA) is 116 Å². The highest BCUT2D eigenvalue weighted by Gasteiger charge is 2.13. The van der Waals surface area contributed by atoms with Gasteiger partial charge in [0.25, 0.3) is 5.22 Å². The van der Waals surface area contributed by atoms with Crippen LogP contribution in [-0.2, 0) is 9.53 Å². The van der Waals surface area contributed by atoms with Gasteiger partial charge in [0, 0.05) is 19.2 Å². The number of nitrogens with zero attached hydrogens (tertiary/aromatic N) is 2. The molecule has 0 saturated heterocycles. The Morgan fingerprint density at radius 2 is 1.96 bits per heavy atom. The summed E-state index contributed by atoms with van der Waals surface area (Å²) in [5.41, 5.74) is 0.738. The molecule has 3 amide bonds. The molecule has 1 aromatic heterocycles. The Morgan fingerprint density at radius 3 is 2.64 bits per heavy atom. The molecular formula is C15H18N4O5S. The first kappa shape index (κ1) is 18.7. The minimum absolute atomic E-state index is 0.0258. The van der Waals surface area contributed by atoms with Gasteiger partial charge in [-0.1, -0.05) is 11.8 Å². The van der Waals surface area contributed by atoms with E-state index in [0.717, 1.165) is 23.1 Å². The predicted molar refractivity (Wildman–Crippen MR) is 90.4 cm³/mol. The monoisotopic (exact) mass is 366 g/mol. The minimum Gasteiger partial charge on any atom is -0.497 e. The maximum atomic E-state index is 11.7. The molecule has 0 spiro atoms. The summed E-state index contributed by atoms with van der Waals surface area (Å²) >= 11 is 1.04. The molecule has 134 valence electrons. The fraction of sp³-hybridized carbons (Fsp3) is 0.333. The lowest BCUT2D eigenvalue weighted by Crippen LogP contribution is -2.41. The summed E-state index contributed by atoms with van der Waals surface area (Å²) < 4.78 is 15.4. The van der Waals surface area contributed by atoms with Gasteiger partial charge in [-0.15, -0.1) is 10.2 Å². The van der Waals surface area contributed by atoms with E-state index in [4.69, 9.17) is 13.9 Å². The highest BCUT2D eigenvalue weighted by Crippen LogP contribution is 2.24. The van der Waals surface area contributed by atoms with Gasteiger partial charge in [-0.25, -0.2) is 4.79 Å². The van der Waals surface area contributed by atoms with Gasteiger partial charge in [0.15, 0.2) is 0 Å². The second kappa shape index (κ2) is 9.64. The lowest BCUT2D eigenvalue weighted by molar-refractivity contribution is -0.117. The smallest absolute Gasteiger partial charge is 0.321 e. The van der Waals surface area contributed by atoms with Crippen LogP contribution >= 0.6 is 11.8 Å². The van der Waals surface area contributed by atoms with E-state index in [1.165, 1.54) is 7.11 Å². The molecule has 25 heavy (non-hydrogen) atoms. The highest BCUT2D eigenvalue weighted by atomic mass is 32.2. The molecule has 2 N–H and O–H groups in total. The average Bonchev–Trinajstić information content (AvgIpc) is 3.09. The number of carbonyl (C=O) groups is 2. The fourth-order valence-electron chi connectivity index (χ4n) is 1.72. The zero-order valence-electron chi connectivity index (χ0n) is 13.8. The Kier molecular flexibility index (Phi) is 7.23. The first-order chi connectivity index (χ1) is 12.1. The number of urea groups is 1. The zero-order chi connectivity index (χ0) is 18.1. The van der Waals surface area contributed by atoms with E-state index in [-0.39, 0.29) is 11.0 Å². The van der Waals surface area contributed by atoms with Gasteiger partial charge in [0.2, 0.25) is 11.8 Å². The molecule has 0 saturated carbocycles. The highest BCUT2D eigenvalue weighted by molar-refractivity contribution is 7.99. The van der Waals surface area contributed by atoms with Crippen molar-refractivity contribution in [3.8, 4) is 17.2 Å². The average molecular weight is 366 g/mol. The molecule has 0 radical (unpaired) electrons. The number of methoxy groups -OCH3 is 2. The van der Waals surface area contributed by atoms with E-state index in [1.54, 1.807) is 31.4 Å². The predicted octanol–water partition coefficient (Wildman–Crippen LogP) is 1.31. The van der Waals surface area contributed by atoms with Crippen molar-refractivity contribution in [2.75, 3.05) is 33.1 Å². The minimum atomic E-state index is -0.577. The molecule has 1 heterocycles. The van der Waals surface area contributed by atoms with Gasteiger partial charge in [-0.2, -0.15) is 0 Å². The number of carbonyl (C=O) groups excluding carboxylic acids is 2. The van der Waals surface area contributed by atoms with Crippen LogP contribution in [0.1, 0.15) is 0 Å². The van der Waals surface area contributed by atoms with Crippen molar-refractivity contribution in [2.24, 2.45) is 0 Å². The number of ether oxygens (including phenoxy) is 2. The number of benzene rings is 1. The van der Waals surface area contributed by atoms with Gasteiger partial charge in [-0.3, -0.25) is 10.1 Å². The maximum Gasteiger partial charge on any atom is 0.321 e.